The summed E-state index contributed by atoms with van der Waals surface area (Å²) in [6.07, 6.45) is 1.42. The molecule has 0 spiro atoms. The van der Waals surface area contributed by atoms with E-state index >= 15 is 0 Å². The summed E-state index contributed by atoms with van der Waals surface area (Å²) in [6.45, 7) is 5.73. The van der Waals surface area contributed by atoms with Gasteiger partial charge in [0, 0.05) is 11.9 Å². The molecule has 0 saturated carbocycles. The maximum atomic E-state index is 11.0. The van der Waals surface area contributed by atoms with Crippen molar-refractivity contribution in [2.75, 3.05) is 5.73 Å². The summed E-state index contributed by atoms with van der Waals surface area (Å²) in [6, 6.07) is 1.37. The Morgan fingerprint density at radius 2 is 2.06 bits per heavy atom. The number of hydrogen-bond acceptors (Lipinski definition) is 4. The van der Waals surface area contributed by atoms with Crippen LogP contribution in [0.3, 0.4) is 0 Å². The standard InChI is InChI=1S/C12H14N4O2/c1-6-7(2)15-16(8(6)3)11-10(13)9(12(17)18)4-5-14-11/h4-5H,13H2,1-3H3,(H,17,18). The van der Waals surface area contributed by atoms with Gasteiger partial charge >= 0.3 is 5.97 Å². The minimum Gasteiger partial charge on any atom is -0.478 e. The fraction of sp³-hybridized carbons (Fsp3) is 0.250. The van der Waals surface area contributed by atoms with E-state index in [0.717, 1.165) is 17.0 Å². The molecule has 6 nitrogen and oxygen atoms in total. The Morgan fingerprint density at radius 3 is 2.56 bits per heavy atom. The number of aromatic nitrogens is 3. The molecule has 0 bridgehead atoms. The lowest BCUT2D eigenvalue weighted by molar-refractivity contribution is 0.0698. The molecule has 0 atom stereocenters. The van der Waals surface area contributed by atoms with Crippen molar-refractivity contribution in [1.29, 1.82) is 0 Å². The first-order valence-electron chi connectivity index (χ1n) is 5.44. The van der Waals surface area contributed by atoms with Gasteiger partial charge in [-0.15, -0.1) is 0 Å². The number of aryl methyl sites for hydroxylation is 1. The molecule has 3 N–H and O–H groups in total. The monoisotopic (exact) mass is 246 g/mol. The van der Waals surface area contributed by atoms with E-state index in [-0.39, 0.29) is 11.3 Å². The predicted octanol–water partition coefficient (Wildman–Crippen LogP) is 1.47. The lowest BCUT2D eigenvalue weighted by atomic mass is 10.2. The quantitative estimate of drug-likeness (QED) is 0.836. The molecule has 0 radical (unpaired) electrons. The van der Waals surface area contributed by atoms with Crippen molar-refractivity contribution in [1.82, 2.24) is 14.8 Å². The molecule has 0 aromatic carbocycles. The Kier molecular flexibility index (Phi) is 2.78. The zero-order valence-corrected chi connectivity index (χ0v) is 10.4. The molecule has 0 amide bonds. The number of aromatic carboxylic acids is 1. The first kappa shape index (κ1) is 12.1. The summed E-state index contributed by atoms with van der Waals surface area (Å²) in [5.41, 5.74) is 8.80. The molecule has 0 aliphatic carbocycles. The van der Waals surface area contributed by atoms with Gasteiger partial charge in [-0.25, -0.2) is 14.5 Å². The lowest BCUT2D eigenvalue weighted by Crippen LogP contribution is -2.11. The number of carboxylic acid groups (broad SMARTS) is 1. The number of carbonyl (C=O) groups is 1. The second kappa shape index (κ2) is 4.14. The number of hydrogen-bond donors (Lipinski definition) is 2. The van der Waals surface area contributed by atoms with Crippen LogP contribution in [0, 0.1) is 20.8 Å². The highest BCUT2D eigenvalue weighted by atomic mass is 16.4. The van der Waals surface area contributed by atoms with Gasteiger partial charge in [-0.2, -0.15) is 5.10 Å². The number of pyridine rings is 1. The van der Waals surface area contributed by atoms with E-state index in [0.29, 0.717) is 5.82 Å². The van der Waals surface area contributed by atoms with Crippen LogP contribution in [0.25, 0.3) is 5.82 Å². The van der Waals surface area contributed by atoms with Gasteiger partial charge in [0.15, 0.2) is 5.82 Å². The minimum absolute atomic E-state index is 0.0326. The summed E-state index contributed by atoms with van der Waals surface area (Å²) in [7, 11) is 0. The predicted molar refractivity (Wildman–Crippen MR) is 66.9 cm³/mol. The summed E-state index contributed by atoms with van der Waals surface area (Å²) < 4.78 is 1.58. The van der Waals surface area contributed by atoms with Gasteiger partial charge in [-0.3, -0.25) is 0 Å². The van der Waals surface area contributed by atoms with Crippen LogP contribution >= 0.6 is 0 Å². The molecule has 0 aliphatic rings. The van der Waals surface area contributed by atoms with Crippen LogP contribution in [0.15, 0.2) is 12.3 Å². The average molecular weight is 246 g/mol. The van der Waals surface area contributed by atoms with E-state index in [1.54, 1.807) is 4.68 Å². The van der Waals surface area contributed by atoms with Gasteiger partial charge < -0.3 is 10.8 Å². The molecule has 0 unspecified atom stereocenters. The zero-order chi connectivity index (χ0) is 13.4. The highest BCUT2D eigenvalue weighted by Gasteiger charge is 2.17. The van der Waals surface area contributed by atoms with Crippen molar-refractivity contribution >= 4 is 11.7 Å². The Morgan fingerprint density at radius 1 is 1.39 bits per heavy atom. The third kappa shape index (κ3) is 1.71. The first-order chi connectivity index (χ1) is 8.43. The minimum atomic E-state index is -1.07. The van der Waals surface area contributed by atoms with Gasteiger partial charge in [0.2, 0.25) is 0 Å². The molecular formula is C12H14N4O2. The average Bonchev–Trinajstić information content (AvgIpc) is 2.57. The van der Waals surface area contributed by atoms with Crippen molar-refractivity contribution in [3.8, 4) is 5.82 Å². The number of nitrogen functional groups attached to an aromatic ring is 1. The summed E-state index contributed by atoms with van der Waals surface area (Å²) in [4.78, 5) is 15.1. The van der Waals surface area contributed by atoms with Crippen LogP contribution in [0.5, 0.6) is 0 Å². The van der Waals surface area contributed by atoms with Crippen LogP contribution in [-0.2, 0) is 0 Å². The van der Waals surface area contributed by atoms with E-state index in [1.807, 2.05) is 20.8 Å². The second-order valence-electron chi connectivity index (χ2n) is 4.11. The lowest BCUT2D eigenvalue weighted by Gasteiger charge is -2.08. The molecule has 2 heterocycles. The van der Waals surface area contributed by atoms with Crippen molar-refractivity contribution in [3.05, 3.63) is 34.8 Å². The van der Waals surface area contributed by atoms with E-state index < -0.39 is 5.97 Å². The SMILES string of the molecule is Cc1nn(-c2nccc(C(=O)O)c2N)c(C)c1C. The van der Waals surface area contributed by atoms with Crippen LogP contribution in [0.2, 0.25) is 0 Å². The maximum Gasteiger partial charge on any atom is 0.337 e. The number of nitrogens with two attached hydrogens (primary N) is 1. The molecule has 2 aromatic heterocycles. The molecule has 2 aromatic rings. The van der Waals surface area contributed by atoms with Gasteiger partial charge in [0.25, 0.3) is 0 Å². The molecule has 94 valence electrons. The Balaban J connectivity index is 2.68. The van der Waals surface area contributed by atoms with Gasteiger partial charge in [0.05, 0.1) is 16.9 Å². The third-order valence-corrected chi connectivity index (χ3v) is 3.05. The van der Waals surface area contributed by atoms with E-state index in [9.17, 15) is 4.79 Å². The highest BCUT2D eigenvalue weighted by molar-refractivity contribution is 5.95. The van der Waals surface area contributed by atoms with Crippen molar-refractivity contribution in [3.63, 3.8) is 0 Å². The first-order valence-corrected chi connectivity index (χ1v) is 5.44. The largest absolute Gasteiger partial charge is 0.478 e. The Labute approximate surface area is 104 Å². The van der Waals surface area contributed by atoms with E-state index in [2.05, 4.69) is 10.1 Å². The third-order valence-electron chi connectivity index (χ3n) is 3.05. The molecule has 18 heavy (non-hydrogen) atoms. The van der Waals surface area contributed by atoms with Crippen LogP contribution in [0.4, 0.5) is 5.69 Å². The van der Waals surface area contributed by atoms with Gasteiger partial charge in [0.1, 0.15) is 0 Å². The molecule has 6 heteroatoms. The molecular weight excluding hydrogens is 232 g/mol. The zero-order valence-electron chi connectivity index (χ0n) is 10.4. The number of carboxylic acids is 1. The number of nitrogens with zero attached hydrogens (tertiary/aromatic N) is 3. The normalized spacial score (nSPS) is 10.6. The highest BCUT2D eigenvalue weighted by Crippen LogP contribution is 2.22. The summed E-state index contributed by atoms with van der Waals surface area (Å²) >= 11 is 0. The summed E-state index contributed by atoms with van der Waals surface area (Å²) in [5, 5.41) is 13.4. The smallest absolute Gasteiger partial charge is 0.337 e. The number of anilines is 1. The molecule has 2 rings (SSSR count). The van der Waals surface area contributed by atoms with Gasteiger partial charge in [-0.1, -0.05) is 0 Å². The second-order valence-corrected chi connectivity index (χ2v) is 4.11. The Bertz CT molecular complexity index is 631. The number of rotatable bonds is 2. The summed E-state index contributed by atoms with van der Waals surface area (Å²) in [5.74, 6) is -0.724. The van der Waals surface area contributed by atoms with E-state index in [4.69, 9.17) is 10.8 Å². The Hall–Kier alpha value is -2.37. The fourth-order valence-corrected chi connectivity index (χ4v) is 1.74. The van der Waals surface area contributed by atoms with Crippen LogP contribution in [0.1, 0.15) is 27.3 Å². The van der Waals surface area contributed by atoms with Crippen LogP contribution < -0.4 is 5.73 Å². The van der Waals surface area contributed by atoms with Crippen molar-refractivity contribution < 1.29 is 9.90 Å². The van der Waals surface area contributed by atoms with Crippen LogP contribution in [-0.4, -0.2) is 25.8 Å². The topological polar surface area (TPSA) is 94.0 Å². The molecule has 0 aliphatic heterocycles. The van der Waals surface area contributed by atoms with Crippen molar-refractivity contribution in [2.45, 2.75) is 20.8 Å². The van der Waals surface area contributed by atoms with Crippen molar-refractivity contribution in [2.24, 2.45) is 0 Å². The maximum absolute atomic E-state index is 11.0. The molecule has 0 fully saturated rings. The van der Waals surface area contributed by atoms with E-state index in [1.165, 1.54) is 12.3 Å². The molecule has 0 saturated heterocycles. The fourth-order valence-electron chi connectivity index (χ4n) is 1.74. The van der Waals surface area contributed by atoms with Gasteiger partial charge in [-0.05, 0) is 32.4 Å².